The highest BCUT2D eigenvalue weighted by atomic mass is 79.9. The molecule has 0 spiro atoms. The fourth-order valence-corrected chi connectivity index (χ4v) is 2.96. The van der Waals surface area contributed by atoms with E-state index < -0.39 is 6.04 Å². The summed E-state index contributed by atoms with van der Waals surface area (Å²) in [6.45, 7) is 3.79. The molecule has 2 N–H and O–H groups in total. The summed E-state index contributed by atoms with van der Waals surface area (Å²) in [6, 6.07) is 11.7. The van der Waals surface area contributed by atoms with Crippen LogP contribution in [0.1, 0.15) is 29.8 Å². The van der Waals surface area contributed by atoms with Gasteiger partial charge in [0.25, 0.3) is 5.91 Å². The van der Waals surface area contributed by atoms with E-state index in [1.165, 1.54) is 13.1 Å². The van der Waals surface area contributed by atoms with Gasteiger partial charge in [0.1, 0.15) is 11.8 Å². The first kappa shape index (κ1) is 21.3. The van der Waals surface area contributed by atoms with E-state index >= 15 is 0 Å². The number of hydrogen-bond acceptors (Lipinski definition) is 3. The Balaban J connectivity index is 2.14. The van der Waals surface area contributed by atoms with Crippen LogP contribution in [-0.4, -0.2) is 31.0 Å². The molecule has 5 nitrogen and oxygen atoms in total. The Kier molecular flexibility index (Phi) is 7.68. The maximum Gasteiger partial charge on any atom is 0.251 e. The van der Waals surface area contributed by atoms with Crippen molar-refractivity contribution in [2.24, 2.45) is 0 Å². The number of nitrogens with one attached hydrogen (secondary N) is 2. The lowest BCUT2D eigenvalue weighted by atomic mass is 10.0. The smallest absolute Gasteiger partial charge is 0.251 e. The molecule has 0 bridgehead atoms. The quantitative estimate of drug-likeness (QED) is 0.666. The summed E-state index contributed by atoms with van der Waals surface area (Å²) in [5.41, 5.74) is 1.30. The third kappa shape index (κ3) is 6.26. The van der Waals surface area contributed by atoms with Crippen LogP contribution < -0.4 is 15.4 Å². The number of hydrogen-bond donors (Lipinski definition) is 2. The van der Waals surface area contributed by atoms with Crippen LogP contribution in [0.25, 0.3) is 0 Å². The number of amides is 2. The first-order valence-electron chi connectivity index (χ1n) is 8.53. The predicted octanol–water partition coefficient (Wildman–Crippen LogP) is 3.98. The van der Waals surface area contributed by atoms with E-state index in [1.54, 1.807) is 12.1 Å². The third-order valence-corrected chi connectivity index (χ3v) is 4.60. The van der Waals surface area contributed by atoms with Crippen LogP contribution >= 0.6 is 27.5 Å². The van der Waals surface area contributed by atoms with Gasteiger partial charge in [-0.3, -0.25) is 9.59 Å². The predicted molar refractivity (Wildman–Crippen MR) is 110 cm³/mol. The van der Waals surface area contributed by atoms with Crippen LogP contribution in [0.3, 0.4) is 0 Å². The molecule has 0 fully saturated rings. The van der Waals surface area contributed by atoms with Crippen molar-refractivity contribution in [3.8, 4) is 5.75 Å². The second-order valence-corrected chi connectivity index (χ2v) is 7.61. The minimum Gasteiger partial charge on any atom is -0.489 e. The number of benzene rings is 2. The number of rotatable bonds is 7. The molecule has 0 heterocycles. The van der Waals surface area contributed by atoms with Gasteiger partial charge in [-0.2, -0.15) is 0 Å². The minimum absolute atomic E-state index is 0.0225. The van der Waals surface area contributed by atoms with Gasteiger partial charge in [0.2, 0.25) is 5.91 Å². The zero-order valence-corrected chi connectivity index (χ0v) is 17.7. The molecular formula is C20H22BrClN2O3. The van der Waals surface area contributed by atoms with Crippen molar-refractivity contribution in [2.45, 2.75) is 32.4 Å². The molecule has 0 aromatic heterocycles. The zero-order valence-electron chi connectivity index (χ0n) is 15.4. The van der Waals surface area contributed by atoms with Crippen LogP contribution in [-0.2, 0) is 11.2 Å². The van der Waals surface area contributed by atoms with Gasteiger partial charge in [0.15, 0.2) is 0 Å². The van der Waals surface area contributed by atoms with E-state index in [9.17, 15) is 9.59 Å². The molecule has 2 aromatic carbocycles. The molecule has 1 atom stereocenters. The normalized spacial score (nSPS) is 11.8. The fraction of sp³-hybridized carbons (Fsp3) is 0.300. The lowest BCUT2D eigenvalue weighted by molar-refractivity contribution is -0.122. The van der Waals surface area contributed by atoms with Gasteiger partial charge >= 0.3 is 0 Å². The van der Waals surface area contributed by atoms with Gasteiger partial charge in [0.05, 0.1) is 11.1 Å². The molecule has 2 aromatic rings. The number of carbonyl (C=O) groups is 2. The maximum atomic E-state index is 12.6. The largest absolute Gasteiger partial charge is 0.489 e. The van der Waals surface area contributed by atoms with Crippen molar-refractivity contribution in [3.05, 3.63) is 63.1 Å². The first-order valence-corrected chi connectivity index (χ1v) is 9.70. The summed E-state index contributed by atoms with van der Waals surface area (Å²) in [4.78, 5) is 24.8. The molecule has 144 valence electrons. The number of halogens is 2. The molecule has 2 rings (SSSR count). The van der Waals surface area contributed by atoms with Crippen molar-refractivity contribution in [2.75, 3.05) is 7.05 Å². The Hall–Kier alpha value is -2.05. The molecule has 2 amide bonds. The molecule has 0 unspecified atom stereocenters. The van der Waals surface area contributed by atoms with E-state index in [2.05, 4.69) is 26.6 Å². The van der Waals surface area contributed by atoms with Gasteiger partial charge in [-0.1, -0.05) is 39.7 Å². The lowest BCUT2D eigenvalue weighted by Gasteiger charge is -2.18. The highest BCUT2D eigenvalue weighted by molar-refractivity contribution is 9.10. The molecule has 27 heavy (non-hydrogen) atoms. The highest BCUT2D eigenvalue weighted by Crippen LogP contribution is 2.26. The third-order valence-electron chi connectivity index (χ3n) is 3.78. The van der Waals surface area contributed by atoms with Crippen LogP contribution in [0.4, 0.5) is 0 Å². The summed E-state index contributed by atoms with van der Waals surface area (Å²) < 4.78 is 6.52. The van der Waals surface area contributed by atoms with Crippen LogP contribution in [0, 0.1) is 0 Å². The van der Waals surface area contributed by atoms with Gasteiger partial charge in [0, 0.05) is 23.5 Å². The van der Waals surface area contributed by atoms with Gasteiger partial charge in [-0.25, -0.2) is 0 Å². The van der Waals surface area contributed by atoms with E-state index in [4.69, 9.17) is 16.3 Å². The molecule has 7 heteroatoms. The van der Waals surface area contributed by atoms with Crippen molar-refractivity contribution in [1.82, 2.24) is 10.6 Å². The number of carbonyl (C=O) groups excluding carboxylic acids is 2. The number of likely N-dealkylation sites (N-methyl/N-ethyl adjacent to an activating group) is 1. The highest BCUT2D eigenvalue weighted by Gasteiger charge is 2.21. The average Bonchev–Trinajstić information content (AvgIpc) is 2.63. The summed E-state index contributed by atoms with van der Waals surface area (Å²) in [5.74, 6) is -0.128. The summed E-state index contributed by atoms with van der Waals surface area (Å²) >= 11 is 9.58. The topological polar surface area (TPSA) is 67.4 Å². The van der Waals surface area contributed by atoms with E-state index in [0.717, 1.165) is 10.0 Å². The molecule has 0 aliphatic rings. The SMILES string of the molecule is CNC(=O)[C@H](Cc1ccc(Br)cc1)NC(=O)c1ccc(OC(C)C)c(Cl)c1. The Bertz CT molecular complexity index is 809. The monoisotopic (exact) mass is 452 g/mol. The molecule has 0 aliphatic carbocycles. The molecule has 0 aliphatic heterocycles. The minimum atomic E-state index is -0.700. The van der Waals surface area contributed by atoms with E-state index in [-0.39, 0.29) is 17.9 Å². The molecule has 0 saturated heterocycles. The lowest BCUT2D eigenvalue weighted by Crippen LogP contribution is -2.47. The van der Waals surface area contributed by atoms with Crippen molar-refractivity contribution >= 4 is 39.3 Å². The zero-order chi connectivity index (χ0) is 20.0. The van der Waals surface area contributed by atoms with E-state index in [1.807, 2.05) is 38.1 Å². The summed E-state index contributed by atoms with van der Waals surface area (Å²) in [5, 5.41) is 5.71. The Labute approximate surface area is 172 Å². The second-order valence-electron chi connectivity index (χ2n) is 6.28. The van der Waals surface area contributed by atoms with Crippen LogP contribution in [0.15, 0.2) is 46.9 Å². The van der Waals surface area contributed by atoms with Crippen LogP contribution in [0.2, 0.25) is 5.02 Å². The molecule has 0 saturated carbocycles. The fourth-order valence-electron chi connectivity index (χ4n) is 2.47. The van der Waals surface area contributed by atoms with E-state index in [0.29, 0.717) is 22.8 Å². The standard InChI is InChI=1S/C20H22BrClN2O3/c1-12(2)27-18-9-6-14(11-16(18)22)19(25)24-17(20(26)23-3)10-13-4-7-15(21)8-5-13/h4-9,11-12,17H,10H2,1-3H3,(H,23,26)(H,24,25)/t17-/m0/s1. The Morgan fingerprint density at radius 3 is 2.37 bits per heavy atom. The van der Waals surface area contributed by atoms with Crippen molar-refractivity contribution in [1.29, 1.82) is 0 Å². The van der Waals surface area contributed by atoms with Crippen molar-refractivity contribution < 1.29 is 14.3 Å². The summed E-state index contributed by atoms with van der Waals surface area (Å²) in [7, 11) is 1.54. The molecular weight excluding hydrogens is 432 g/mol. The Morgan fingerprint density at radius 1 is 1.15 bits per heavy atom. The van der Waals surface area contributed by atoms with Gasteiger partial charge in [-0.05, 0) is 49.7 Å². The van der Waals surface area contributed by atoms with Crippen LogP contribution in [0.5, 0.6) is 5.75 Å². The van der Waals surface area contributed by atoms with Gasteiger partial charge in [-0.15, -0.1) is 0 Å². The average molecular weight is 454 g/mol. The second kappa shape index (κ2) is 9.76. The summed E-state index contributed by atoms with van der Waals surface area (Å²) in [6.07, 6.45) is 0.353. The van der Waals surface area contributed by atoms with Gasteiger partial charge < -0.3 is 15.4 Å². The number of ether oxygens (including phenoxy) is 1. The van der Waals surface area contributed by atoms with Crippen molar-refractivity contribution in [3.63, 3.8) is 0 Å². The Morgan fingerprint density at radius 2 is 1.81 bits per heavy atom. The molecule has 0 radical (unpaired) electrons. The maximum absolute atomic E-state index is 12.6. The first-order chi connectivity index (χ1) is 12.8.